The summed E-state index contributed by atoms with van der Waals surface area (Å²) in [5.74, 6) is 0.680. The van der Waals surface area contributed by atoms with Crippen molar-refractivity contribution in [2.45, 2.75) is 6.92 Å². The minimum atomic E-state index is -0.373. The fraction of sp³-hybridized carbons (Fsp3) is 0.0556. The Balaban J connectivity index is 2.09. The van der Waals surface area contributed by atoms with Crippen LogP contribution in [0.25, 0.3) is 33.3 Å². The molecule has 21 heavy (non-hydrogen) atoms. The topological polar surface area (TPSA) is 43.4 Å². The summed E-state index contributed by atoms with van der Waals surface area (Å²) in [7, 11) is 0. The first-order valence-corrected chi connectivity index (χ1v) is 6.74. The van der Waals surface area contributed by atoms with Crippen LogP contribution in [0.3, 0.4) is 0 Å². The summed E-state index contributed by atoms with van der Waals surface area (Å²) in [5, 5.41) is 1.90. The number of aryl methyl sites for hydroxylation is 1. The molecule has 0 spiro atoms. The highest BCUT2D eigenvalue weighted by atomic mass is 16.4. The molecule has 4 rings (SSSR count). The Kier molecular flexibility index (Phi) is 2.48. The van der Waals surface area contributed by atoms with Crippen LogP contribution in [0, 0.1) is 6.92 Å². The molecule has 0 fully saturated rings. The highest BCUT2D eigenvalue weighted by molar-refractivity contribution is 5.94. The Labute approximate surface area is 120 Å². The van der Waals surface area contributed by atoms with E-state index in [2.05, 4.69) is 0 Å². The van der Waals surface area contributed by atoms with Crippen molar-refractivity contribution in [2.24, 2.45) is 0 Å². The Morgan fingerprint density at radius 2 is 1.71 bits per heavy atom. The van der Waals surface area contributed by atoms with E-state index in [0.717, 1.165) is 27.5 Å². The summed E-state index contributed by atoms with van der Waals surface area (Å²) in [4.78, 5) is 11.8. The van der Waals surface area contributed by atoms with Gasteiger partial charge in [-0.25, -0.2) is 4.79 Å². The summed E-state index contributed by atoms with van der Waals surface area (Å²) in [6.07, 6.45) is 0. The van der Waals surface area contributed by atoms with Gasteiger partial charge in [-0.15, -0.1) is 0 Å². The molecule has 0 aliphatic carbocycles. The fourth-order valence-electron chi connectivity index (χ4n) is 2.60. The van der Waals surface area contributed by atoms with E-state index in [1.165, 1.54) is 6.07 Å². The second-order valence-corrected chi connectivity index (χ2v) is 5.13. The largest absolute Gasteiger partial charge is 0.456 e. The lowest BCUT2D eigenvalue weighted by molar-refractivity contribution is 0.559. The zero-order valence-electron chi connectivity index (χ0n) is 11.4. The molecule has 0 N–H and O–H groups in total. The Hall–Kier alpha value is -2.81. The van der Waals surface area contributed by atoms with E-state index in [1.54, 1.807) is 0 Å². The maximum absolute atomic E-state index is 11.8. The van der Waals surface area contributed by atoms with E-state index < -0.39 is 0 Å². The van der Waals surface area contributed by atoms with Crippen LogP contribution < -0.4 is 5.63 Å². The average molecular weight is 276 g/mol. The highest BCUT2D eigenvalue weighted by Gasteiger charge is 2.12. The van der Waals surface area contributed by atoms with Gasteiger partial charge in [0.2, 0.25) is 0 Å². The van der Waals surface area contributed by atoms with Crippen molar-refractivity contribution in [3.63, 3.8) is 0 Å². The SMILES string of the molecule is Cc1ccc2oc(=O)cc(-c3cc4ccccc4o3)c2c1. The first kappa shape index (κ1) is 12.0. The zero-order chi connectivity index (χ0) is 14.4. The van der Waals surface area contributed by atoms with Gasteiger partial charge in [-0.2, -0.15) is 0 Å². The third-order valence-corrected chi connectivity index (χ3v) is 3.59. The standard InChI is InChI=1S/C18H12O3/c1-11-6-7-16-13(8-11)14(10-18(19)21-16)17-9-12-4-2-3-5-15(12)20-17/h2-10H,1H3. The van der Waals surface area contributed by atoms with Crippen LogP contribution in [-0.2, 0) is 0 Å². The van der Waals surface area contributed by atoms with Gasteiger partial charge in [0, 0.05) is 22.4 Å². The number of hydrogen-bond acceptors (Lipinski definition) is 3. The maximum atomic E-state index is 11.8. The molecule has 0 saturated carbocycles. The van der Waals surface area contributed by atoms with Crippen molar-refractivity contribution in [1.29, 1.82) is 0 Å². The molecule has 0 bridgehead atoms. The molecule has 3 nitrogen and oxygen atoms in total. The van der Waals surface area contributed by atoms with E-state index in [0.29, 0.717) is 11.3 Å². The van der Waals surface area contributed by atoms with Crippen molar-refractivity contribution in [2.75, 3.05) is 0 Å². The van der Waals surface area contributed by atoms with Gasteiger partial charge in [0.15, 0.2) is 0 Å². The lowest BCUT2D eigenvalue weighted by Gasteiger charge is -2.03. The van der Waals surface area contributed by atoms with Crippen molar-refractivity contribution >= 4 is 21.9 Å². The third-order valence-electron chi connectivity index (χ3n) is 3.59. The van der Waals surface area contributed by atoms with Crippen molar-refractivity contribution in [3.8, 4) is 11.3 Å². The number of para-hydroxylation sites is 1. The normalized spacial score (nSPS) is 11.3. The molecule has 0 atom stereocenters. The molecular formula is C18H12O3. The number of furan rings is 1. The lowest BCUT2D eigenvalue weighted by atomic mass is 10.1. The molecule has 102 valence electrons. The molecule has 0 saturated heterocycles. The van der Waals surface area contributed by atoms with E-state index in [9.17, 15) is 4.79 Å². The highest BCUT2D eigenvalue weighted by Crippen LogP contribution is 2.32. The zero-order valence-corrected chi connectivity index (χ0v) is 11.4. The number of benzene rings is 2. The van der Waals surface area contributed by atoms with Gasteiger partial charge in [-0.05, 0) is 31.2 Å². The third kappa shape index (κ3) is 1.94. The Bertz CT molecular complexity index is 988. The second-order valence-electron chi connectivity index (χ2n) is 5.13. The van der Waals surface area contributed by atoms with Crippen LogP contribution in [-0.4, -0.2) is 0 Å². The van der Waals surface area contributed by atoms with Gasteiger partial charge in [0.25, 0.3) is 0 Å². The molecule has 0 radical (unpaired) electrons. The molecule has 2 heterocycles. The fourth-order valence-corrected chi connectivity index (χ4v) is 2.60. The predicted octanol–water partition coefficient (Wildman–Crippen LogP) is 4.51. The van der Waals surface area contributed by atoms with Gasteiger partial charge in [-0.1, -0.05) is 29.8 Å². The quantitative estimate of drug-likeness (QED) is 0.480. The van der Waals surface area contributed by atoms with Crippen LogP contribution >= 0.6 is 0 Å². The van der Waals surface area contributed by atoms with Crippen molar-refractivity contribution in [1.82, 2.24) is 0 Å². The molecule has 0 aliphatic rings. The number of fused-ring (bicyclic) bond motifs is 2. The molecule has 2 aromatic heterocycles. The molecular weight excluding hydrogens is 264 g/mol. The van der Waals surface area contributed by atoms with E-state index >= 15 is 0 Å². The summed E-state index contributed by atoms with van der Waals surface area (Å²) in [6, 6.07) is 17.0. The second kappa shape index (κ2) is 4.35. The molecule has 3 heteroatoms. The molecule has 0 unspecified atom stereocenters. The van der Waals surface area contributed by atoms with Gasteiger partial charge < -0.3 is 8.83 Å². The van der Waals surface area contributed by atoms with Gasteiger partial charge in [0.1, 0.15) is 16.9 Å². The Morgan fingerprint density at radius 3 is 2.57 bits per heavy atom. The Morgan fingerprint density at radius 1 is 0.857 bits per heavy atom. The number of rotatable bonds is 1. The summed E-state index contributed by atoms with van der Waals surface area (Å²) in [6.45, 7) is 2.01. The van der Waals surface area contributed by atoms with Gasteiger partial charge in [-0.3, -0.25) is 0 Å². The summed E-state index contributed by atoms with van der Waals surface area (Å²) in [5.41, 5.74) is 2.88. The smallest absolute Gasteiger partial charge is 0.336 e. The minimum Gasteiger partial charge on any atom is -0.456 e. The number of hydrogen-bond donors (Lipinski definition) is 0. The first-order chi connectivity index (χ1) is 10.2. The molecule has 0 aliphatic heterocycles. The van der Waals surface area contributed by atoms with Gasteiger partial charge in [0.05, 0.1) is 0 Å². The maximum Gasteiger partial charge on any atom is 0.336 e. The molecule has 2 aromatic carbocycles. The summed E-state index contributed by atoms with van der Waals surface area (Å²) >= 11 is 0. The van der Waals surface area contributed by atoms with Gasteiger partial charge >= 0.3 is 5.63 Å². The van der Waals surface area contributed by atoms with Crippen LogP contribution in [0.5, 0.6) is 0 Å². The van der Waals surface area contributed by atoms with E-state index in [4.69, 9.17) is 8.83 Å². The van der Waals surface area contributed by atoms with E-state index in [1.807, 2.05) is 55.5 Å². The van der Waals surface area contributed by atoms with Crippen molar-refractivity contribution < 1.29 is 8.83 Å². The first-order valence-electron chi connectivity index (χ1n) is 6.74. The van der Waals surface area contributed by atoms with Crippen LogP contribution in [0.4, 0.5) is 0 Å². The molecule has 4 aromatic rings. The van der Waals surface area contributed by atoms with E-state index in [-0.39, 0.29) is 5.63 Å². The minimum absolute atomic E-state index is 0.373. The molecule has 0 amide bonds. The van der Waals surface area contributed by atoms with Crippen molar-refractivity contribution in [3.05, 3.63) is 70.6 Å². The van der Waals surface area contributed by atoms with Crippen LogP contribution in [0.1, 0.15) is 5.56 Å². The predicted molar refractivity (Wildman–Crippen MR) is 82.4 cm³/mol. The monoisotopic (exact) mass is 276 g/mol. The van der Waals surface area contributed by atoms with Crippen LogP contribution in [0.15, 0.2) is 68.2 Å². The van der Waals surface area contributed by atoms with Crippen LogP contribution in [0.2, 0.25) is 0 Å². The average Bonchev–Trinajstić information content (AvgIpc) is 2.90. The lowest BCUT2D eigenvalue weighted by Crippen LogP contribution is -1.97. The summed E-state index contributed by atoms with van der Waals surface area (Å²) < 4.78 is 11.1.